The first-order chi connectivity index (χ1) is 12.3. The molecule has 0 aromatic rings. The van der Waals surface area contributed by atoms with Crippen LogP contribution in [0.4, 0.5) is 0 Å². The van der Waals surface area contributed by atoms with Gasteiger partial charge < -0.3 is 27.5 Å². The minimum atomic E-state index is -1.94. The van der Waals surface area contributed by atoms with E-state index in [0.29, 0.717) is 6.61 Å². The molecule has 1 aliphatic rings. The average molecular weight is 469 g/mol. The number of aliphatic hydroxyl groups excluding tert-OH is 1. The minimum Gasteiger partial charge on any atom is -0.415 e. The fourth-order valence-corrected chi connectivity index (χ4v) is 6.91. The Morgan fingerprint density at radius 2 is 1.00 bits per heavy atom. The Kier molecular flexibility index (Phi) is 8.96. The van der Waals surface area contributed by atoms with Crippen LogP contribution in [0.5, 0.6) is 0 Å². The average Bonchev–Trinajstić information content (AvgIpc) is 2.39. The van der Waals surface area contributed by atoms with E-state index in [0.717, 1.165) is 0 Å². The topological polar surface area (TPSA) is 66.4 Å². The summed E-state index contributed by atoms with van der Waals surface area (Å²) < 4.78 is 31.7. The van der Waals surface area contributed by atoms with Crippen LogP contribution in [0.15, 0.2) is 0 Å². The molecule has 0 saturated carbocycles. The lowest BCUT2D eigenvalue weighted by molar-refractivity contribution is -0.274. The van der Waals surface area contributed by atoms with E-state index in [2.05, 4.69) is 78.6 Å². The molecule has 0 spiro atoms. The molecule has 0 amide bonds. The van der Waals surface area contributed by atoms with E-state index in [9.17, 15) is 5.11 Å². The van der Waals surface area contributed by atoms with Gasteiger partial charge in [-0.1, -0.05) is 0 Å². The van der Waals surface area contributed by atoms with Gasteiger partial charge >= 0.3 is 0 Å². The van der Waals surface area contributed by atoms with Crippen molar-refractivity contribution in [2.24, 2.45) is 0 Å². The van der Waals surface area contributed by atoms with Gasteiger partial charge in [-0.05, 0) is 78.6 Å². The minimum absolute atomic E-state index is 0.320. The van der Waals surface area contributed by atoms with Crippen LogP contribution < -0.4 is 0 Å². The van der Waals surface area contributed by atoms with Crippen molar-refractivity contribution in [2.75, 3.05) is 6.61 Å². The maximum atomic E-state index is 10.8. The summed E-state index contributed by atoms with van der Waals surface area (Å²) in [5, 5.41) is 10.8. The second kappa shape index (κ2) is 9.41. The van der Waals surface area contributed by atoms with Gasteiger partial charge in [0.15, 0.2) is 39.6 Å². The van der Waals surface area contributed by atoms with E-state index in [4.69, 9.17) is 22.4 Å². The van der Waals surface area contributed by atoms with Crippen LogP contribution in [0.2, 0.25) is 78.6 Å². The van der Waals surface area contributed by atoms with Gasteiger partial charge in [-0.25, -0.2) is 0 Å². The molecule has 1 N–H and O–H groups in total. The molecular formula is C18H44O6Si4. The van der Waals surface area contributed by atoms with E-state index >= 15 is 0 Å². The lowest BCUT2D eigenvalue weighted by Gasteiger charge is -2.49. The molecule has 168 valence electrons. The maximum absolute atomic E-state index is 10.8. The van der Waals surface area contributed by atoms with Gasteiger partial charge in [0.1, 0.15) is 24.4 Å². The van der Waals surface area contributed by atoms with Crippen molar-refractivity contribution in [3.63, 3.8) is 0 Å². The Labute approximate surface area is 176 Å². The van der Waals surface area contributed by atoms with Gasteiger partial charge in [0.05, 0.1) is 6.61 Å². The van der Waals surface area contributed by atoms with Crippen molar-refractivity contribution in [3.8, 4) is 0 Å². The molecule has 1 rings (SSSR count). The van der Waals surface area contributed by atoms with Crippen LogP contribution in [0.25, 0.3) is 0 Å². The first-order valence-corrected chi connectivity index (χ1v) is 23.9. The Morgan fingerprint density at radius 3 is 1.39 bits per heavy atom. The third kappa shape index (κ3) is 10.1. The smallest absolute Gasteiger partial charge is 0.184 e. The van der Waals surface area contributed by atoms with Gasteiger partial charge in [-0.15, -0.1) is 0 Å². The van der Waals surface area contributed by atoms with E-state index in [1.54, 1.807) is 0 Å². The summed E-state index contributed by atoms with van der Waals surface area (Å²) >= 11 is 0. The molecule has 1 saturated heterocycles. The highest BCUT2D eigenvalue weighted by Gasteiger charge is 2.51. The predicted molar refractivity (Wildman–Crippen MR) is 125 cm³/mol. The van der Waals surface area contributed by atoms with Crippen molar-refractivity contribution >= 4 is 33.3 Å². The molecule has 0 aromatic heterocycles. The maximum Gasteiger partial charge on any atom is 0.184 e. The number of ether oxygens (including phenoxy) is 1. The monoisotopic (exact) mass is 468 g/mol. The van der Waals surface area contributed by atoms with Crippen molar-refractivity contribution in [1.29, 1.82) is 0 Å². The lowest BCUT2D eigenvalue weighted by Crippen LogP contribution is -2.66. The molecule has 28 heavy (non-hydrogen) atoms. The fraction of sp³-hybridized carbons (Fsp3) is 1.00. The number of rotatable bonds is 9. The number of hydrogen-bond donors (Lipinski definition) is 1. The highest BCUT2D eigenvalue weighted by atomic mass is 28.4. The van der Waals surface area contributed by atoms with Crippen LogP contribution >= 0.6 is 0 Å². The third-order valence-corrected chi connectivity index (χ3v) is 7.73. The summed E-state index contributed by atoms with van der Waals surface area (Å²) in [6.45, 7) is 26.1. The van der Waals surface area contributed by atoms with E-state index in [1.165, 1.54) is 0 Å². The van der Waals surface area contributed by atoms with Crippen LogP contribution in [-0.2, 0) is 22.4 Å². The van der Waals surface area contributed by atoms with Crippen molar-refractivity contribution in [1.82, 2.24) is 0 Å². The second-order valence-corrected chi connectivity index (χ2v) is 29.5. The lowest BCUT2D eigenvalue weighted by atomic mass is 9.99. The van der Waals surface area contributed by atoms with Crippen LogP contribution in [0.1, 0.15) is 0 Å². The predicted octanol–water partition coefficient (Wildman–Crippen LogP) is 4.22. The summed E-state index contributed by atoms with van der Waals surface area (Å²) in [6, 6.07) is 0. The van der Waals surface area contributed by atoms with Gasteiger partial charge in [-0.2, -0.15) is 0 Å². The van der Waals surface area contributed by atoms with Gasteiger partial charge in [-0.3, -0.25) is 0 Å². The normalized spacial score (nSPS) is 30.5. The highest BCUT2D eigenvalue weighted by Crippen LogP contribution is 2.33. The van der Waals surface area contributed by atoms with Crippen LogP contribution in [-0.4, -0.2) is 75.7 Å². The summed E-state index contributed by atoms with van der Waals surface area (Å²) in [7, 11) is -7.50. The molecule has 0 aromatic carbocycles. The molecule has 0 radical (unpaired) electrons. The summed E-state index contributed by atoms with van der Waals surface area (Å²) in [5.41, 5.74) is 0. The highest BCUT2D eigenvalue weighted by molar-refractivity contribution is 6.71. The first kappa shape index (κ1) is 26.7. The molecule has 1 fully saturated rings. The Hall–Kier alpha value is 0.628. The first-order valence-electron chi connectivity index (χ1n) is 10.3. The van der Waals surface area contributed by atoms with Crippen molar-refractivity contribution in [2.45, 2.75) is 109 Å². The molecule has 10 heteroatoms. The summed E-state index contributed by atoms with van der Waals surface area (Å²) in [5.74, 6) is 0. The summed E-state index contributed by atoms with van der Waals surface area (Å²) in [6.07, 6.45) is -2.67. The Bertz CT molecular complexity index is 492. The molecule has 0 bridgehead atoms. The van der Waals surface area contributed by atoms with Gasteiger partial charge in [0.2, 0.25) is 0 Å². The molecule has 5 atom stereocenters. The largest absolute Gasteiger partial charge is 0.415 e. The van der Waals surface area contributed by atoms with Crippen LogP contribution in [0.3, 0.4) is 0 Å². The Morgan fingerprint density at radius 1 is 0.607 bits per heavy atom. The quantitative estimate of drug-likeness (QED) is 0.511. The number of hydrogen-bond acceptors (Lipinski definition) is 6. The Balaban J connectivity index is 3.26. The molecule has 1 aliphatic heterocycles. The third-order valence-electron chi connectivity index (χ3n) is 3.76. The summed E-state index contributed by atoms with van der Waals surface area (Å²) in [4.78, 5) is 0. The zero-order valence-electron chi connectivity index (χ0n) is 20.1. The van der Waals surface area contributed by atoms with Gasteiger partial charge in [0.25, 0.3) is 0 Å². The molecule has 0 aliphatic carbocycles. The standard InChI is InChI=1S/C18H44O6Si4/c1-25(2,3)20-13-14-15(22-26(4,5)6)16(23-27(7,8)9)17(18(19)21-14)24-28(10,11)12/h14-19H,13H2,1-12H3/t14-,15-,16+,17+,18+/m1/s1. The van der Waals surface area contributed by atoms with E-state index < -0.39 is 45.7 Å². The van der Waals surface area contributed by atoms with Crippen LogP contribution in [0, 0.1) is 0 Å². The fourth-order valence-electron chi connectivity index (χ4n) is 2.99. The SMILES string of the molecule is C[Si](C)(C)OC[C@H]1O[C@H](O)[C@@H](O[Si](C)(C)C)[C@@H](O[Si](C)(C)C)[C@@H]1O[Si](C)(C)C. The number of aliphatic hydroxyl groups is 1. The molecular weight excluding hydrogens is 425 g/mol. The van der Waals surface area contributed by atoms with Crippen molar-refractivity contribution in [3.05, 3.63) is 0 Å². The molecule has 1 heterocycles. The van der Waals surface area contributed by atoms with E-state index in [1.807, 2.05) is 0 Å². The molecule has 6 nitrogen and oxygen atoms in total. The second-order valence-electron chi connectivity index (χ2n) is 11.6. The van der Waals surface area contributed by atoms with E-state index in [-0.39, 0.29) is 18.3 Å². The van der Waals surface area contributed by atoms with Gasteiger partial charge in [0, 0.05) is 0 Å². The van der Waals surface area contributed by atoms with Crippen molar-refractivity contribution < 1.29 is 27.5 Å². The molecule has 0 unspecified atom stereocenters. The zero-order valence-corrected chi connectivity index (χ0v) is 24.1. The zero-order chi connectivity index (χ0) is 22.1.